The predicted octanol–water partition coefficient (Wildman–Crippen LogP) is 0.994. The molecule has 10 heavy (non-hydrogen) atoms. The van der Waals surface area contributed by atoms with E-state index in [-0.39, 0.29) is 22.3 Å². The first-order chi connectivity index (χ1) is 4.61. The number of hydrogen-bond donors (Lipinski definition) is 1. The third-order valence-electron chi connectivity index (χ3n) is 1.32. The number of carbonyl (C=O) groups excluding carboxylic acids is 2. The van der Waals surface area contributed by atoms with Crippen molar-refractivity contribution in [1.82, 2.24) is 5.32 Å². The second-order valence-electron chi connectivity index (χ2n) is 2.56. The maximum atomic E-state index is 10.9. The van der Waals surface area contributed by atoms with E-state index >= 15 is 0 Å². The highest BCUT2D eigenvalue weighted by Gasteiger charge is 2.33. The van der Waals surface area contributed by atoms with Gasteiger partial charge in [-0.3, -0.25) is 14.9 Å². The van der Waals surface area contributed by atoms with Gasteiger partial charge >= 0.3 is 0 Å². The molecule has 1 aliphatic rings. The molecule has 1 atom stereocenters. The van der Waals surface area contributed by atoms with Gasteiger partial charge < -0.3 is 0 Å². The van der Waals surface area contributed by atoms with Gasteiger partial charge in [-0.1, -0.05) is 25.6 Å². The van der Waals surface area contributed by atoms with Crippen molar-refractivity contribution in [2.24, 2.45) is 5.92 Å². The van der Waals surface area contributed by atoms with Gasteiger partial charge in [-0.2, -0.15) is 0 Å². The Hall–Kier alpha value is -0.510. The minimum atomic E-state index is -0.219. The van der Waals surface area contributed by atoms with Crippen LogP contribution in [0.15, 0.2) is 0 Å². The summed E-state index contributed by atoms with van der Waals surface area (Å²) in [4.78, 5) is 21.5. The highest BCUT2D eigenvalue weighted by molar-refractivity contribution is 8.15. The Morgan fingerprint density at radius 2 is 2.10 bits per heavy atom. The van der Waals surface area contributed by atoms with Crippen molar-refractivity contribution in [3.05, 3.63) is 0 Å². The van der Waals surface area contributed by atoms with Gasteiger partial charge in [-0.05, 0) is 5.92 Å². The first-order valence-corrected chi connectivity index (χ1v) is 4.00. The maximum Gasteiger partial charge on any atom is 0.286 e. The van der Waals surface area contributed by atoms with Crippen molar-refractivity contribution in [1.29, 1.82) is 0 Å². The Bertz CT molecular complexity index is 179. The molecule has 0 spiro atoms. The van der Waals surface area contributed by atoms with Crippen LogP contribution in [-0.4, -0.2) is 16.4 Å². The van der Waals surface area contributed by atoms with Gasteiger partial charge in [0.2, 0.25) is 5.91 Å². The van der Waals surface area contributed by atoms with Crippen molar-refractivity contribution in [2.45, 2.75) is 19.1 Å². The van der Waals surface area contributed by atoms with Crippen LogP contribution in [0.1, 0.15) is 13.8 Å². The summed E-state index contributed by atoms with van der Waals surface area (Å²) in [6.07, 6.45) is 0. The lowest BCUT2D eigenvalue weighted by atomic mass is 10.1. The number of imide groups is 1. The van der Waals surface area contributed by atoms with Crippen molar-refractivity contribution >= 4 is 22.9 Å². The number of rotatable bonds is 1. The molecule has 4 heteroatoms. The van der Waals surface area contributed by atoms with Gasteiger partial charge in [-0.25, -0.2) is 0 Å². The van der Waals surface area contributed by atoms with Gasteiger partial charge in [0.05, 0.1) is 5.25 Å². The zero-order valence-electron chi connectivity index (χ0n) is 5.88. The van der Waals surface area contributed by atoms with E-state index in [2.05, 4.69) is 5.32 Å². The fourth-order valence-corrected chi connectivity index (χ4v) is 1.64. The molecule has 0 aliphatic carbocycles. The Morgan fingerprint density at radius 1 is 1.50 bits per heavy atom. The number of carbonyl (C=O) groups is 2. The fraction of sp³-hybridized carbons (Fsp3) is 0.667. The SMILES string of the molecule is CC(C)[C@@H]1SC(=O)NC1=O. The first-order valence-electron chi connectivity index (χ1n) is 3.12. The van der Waals surface area contributed by atoms with Crippen molar-refractivity contribution in [3.63, 3.8) is 0 Å². The van der Waals surface area contributed by atoms with Crippen LogP contribution < -0.4 is 5.32 Å². The summed E-state index contributed by atoms with van der Waals surface area (Å²) in [6.45, 7) is 3.85. The first kappa shape index (κ1) is 7.60. The van der Waals surface area contributed by atoms with Crippen molar-refractivity contribution in [3.8, 4) is 0 Å². The van der Waals surface area contributed by atoms with Crippen LogP contribution in [-0.2, 0) is 4.79 Å². The summed E-state index contributed by atoms with van der Waals surface area (Å²) >= 11 is 1.08. The third-order valence-corrected chi connectivity index (χ3v) is 2.65. The zero-order valence-corrected chi connectivity index (χ0v) is 6.70. The third kappa shape index (κ3) is 1.31. The van der Waals surface area contributed by atoms with Crippen LogP contribution in [0.4, 0.5) is 4.79 Å². The zero-order chi connectivity index (χ0) is 7.72. The second kappa shape index (κ2) is 2.62. The molecule has 1 N–H and O–H groups in total. The molecule has 0 aromatic carbocycles. The highest BCUT2D eigenvalue weighted by atomic mass is 32.2. The van der Waals surface area contributed by atoms with E-state index in [1.165, 1.54) is 0 Å². The average molecular weight is 159 g/mol. The number of hydrogen-bond acceptors (Lipinski definition) is 3. The molecule has 0 unspecified atom stereocenters. The van der Waals surface area contributed by atoms with Gasteiger partial charge in [0.1, 0.15) is 0 Å². The van der Waals surface area contributed by atoms with Crippen LogP contribution in [0.25, 0.3) is 0 Å². The molecule has 1 saturated heterocycles. The molecule has 3 nitrogen and oxygen atoms in total. The van der Waals surface area contributed by atoms with Gasteiger partial charge in [-0.15, -0.1) is 0 Å². The molecule has 0 radical (unpaired) electrons. The lowest BCUT2D eigenvalue weighted by Crippen LogP contribution is -2.27. The van der Waals surface area contributed by atoms with Gasteiger partial charge in [0.25, 0.3) is 5.24 Å². The van der Waals surface area contributed by atoms with E-state index in [0.29, 0.717) is 0 Å². The lowest BCUT2D eigenvalue weighted by molar-refractivity contribution is -0.119. The Balaban J connectivity index is 2.63. The molecule has 2 amide bonds. The Kier molecular flexibility index (Phi) is 1.99. The normalized spacial score (nSPS) is 25.7. The van der Waals surface area contributed by atoms with Gasteiger partial charge in [0, 0.05) is 0 Å². The smallest absolute Gasteiger partial charge is 0.286 e. The molecule has 0 aromatic rings. The molecule has 1 aliphatic heterocycles. The van der Waals surface area contributed by atoms with E-state index in [0.717, 1.165) is 11.8 Å². The van der Waals surface area contributed by atoms with E-state index in [1.807, 2.05) is 13.8 Å². The summed E-state index contributed by atoms with van der Waals surface area (Å²) < 4.78 is 0. The van der Waals surface area contributed by atoms with Gasteiger partial charge in [0.15, 0.2) is 0 Å². The molecule has 0 aromatic heterocycles. The summed E-state index contributed by atoms with van der Waals surface area (Å²) in [6, 6.07) is 0. The molecule has 0 bridgehead atoms. The minimum Gasteiger partial charge on any atom is -0.286 e. The minimum absolute atomic E-state index is 0.148. The number of thioether (sulfide) groups is 1. The topological polar surface area (TPSA) is 46.2 Å². The van der Waals surface area contributed by atoms with E-state index < -0.39 is 0 Å². The molecule has 1 rings (SSSR count). The molecule has 1 heterocycles. The molecular formula is C6H9NO2S. The van der Waals surface area contributed by atoms with E-state index in [1.54, 1.807) is 0 Å². The summed E-state index contributed by atoms with van der Waals surface area (Å²) in [7, 11) is 0. The summed E-state index contributed by atoms with van der Waals surface area (Å²) in [5, 5.41) is 1.84. The molecule has 56 valence electrons. The summed E-state index contributed by atoms with van der Waals surface area (Å²) in [5.41, 5.74) is 0. The van der Waals surface area contributed by atoms with Crippen LogP contribution in [0.2, 0.25) is 0 Å². The van der Waals surface area contributed by atoms with Crippen LogP contribution in [0.3, 0.4) is 0 Å². The largest absolute Gasteiger partial charge is 0.286 e. The summed E-state index contributed by atoms with van der Waals surface area (Å²) in [5.74, 6) is 0.0847. The molecular weight excluding hydrogens is 150 g/mol. The predicted molar refractivity (Wildman–Crippen MR) is 39.8 cm³/mol. The number of nitrogens with one attached hydrogen (secondary N) is 1. The van der Waals surface area contributed by atoms with Crippen molar-refractivity contribution in [2.75, 3.05) is 0 Å². The Morgan fingerprint density at radius 3 is 2.30 bits per heavy atom. The molecule has 1 fully saturated rings. The number of amides is 2. The van der Waals surface area contributed by atoms with Crippen molar-refractivity contribution < 1.29 is 9.59 Å². The van der Waals surface area contributed by atoms with Crippen LogP contribution >= 0.6 is 11.8 Å². The second-order valence-corrected chi connectivity index (χ2v) is 3.67. The van der Waals surface area contributed by atoms with Crippen LogP contribution in [0, 0.1) is 5.92 Å². The van der Waals surface area contributed by atoms with E-state index in [9.17, 15) is 9.59 Å². The average Bonchev–Trinajstić information content (AvgIpc) is 2.10. The monoisotopic (exact) mass is 159 g/mol. The quantitative estimate of drug-likeness (QED) is 0.620. The lowest BCUT2D eigenvalue weighted by Gasteiger charge is -2.06. The highest BCUT2D eigenvalue weighted by Crippen LogP contribution is 2.24. The standard InChI is InChI=1S/C6H9NO2S/c1-3(2)4-5(8)7-6(9)10-4/h3-4H,1-2H3,(H,7,8,9)/t4-/m0/s1. The van der Waals surface area contributed by atoms with Crippen LogP contribution in [0.5, 0.6) is 0 Å². The fourth-order valence-electron chi connectivity index (χ4n) is 0.809. The molecule has 0 saturated carbocycles. The van der Waals surface area contributed by atoms with E-state index in [4.69, 9.17) is 0 Å². The maximum absolute atomic E-state index is 10.9. The Labute approximate surface area is 63.6 Å².